The van der Waals surface area contributed by atoms with Gasteiger partial charge >= 0.3 is 0 Å². The third-order valence-corrected chi connectivity index (χ3v) is 3.30. The molecule has 1 aliphatic rings. The van der Waals surface area contributed by atoms with E-state index in [0.29, 0.717) is 0 Å². The fourth-order valence-corrected chi connectivity index (χ4v) is 2.34. The number of pyridine rings is 1. The molecule has 0 atom stereocenters. The van der Waals surface area contributed by atoms with Gasteiger partial charge in [0.15, 0.2) is 11.6 Å². The first kappa shape index (κ1) is 11.8. The van der Waals surface area contributed by atoms with E-state index in [4.69, 9.17) is 4.74 Å². The molecular formula is C15H17N3O. The van der Waals surface area contributed by atoms with Crippen LogP contribution in [0.15, 0.2) is 36.5 Å². The molecule has 0 unspecified atom stereocenters. The molecule has 0 bridgehead atoms. The maximum absolute atomic E-state index is 5.29. The van der Waals surface area contributed by atoms with Crippen molar-refractivity contribution in [1.82, 2.24) is 4.98 Å². The van der Waals surface area contributed by atoms with Crippen LogP contribution in [0.1, 0.15) is 12.0 Å². The van der Waals surface area contributed by atoms with Crippen LogP contribution in [-0.4, -0.2) is 18.6 Å². The zero-order valence-corrected chi connectivity index (χ0v) is 10.9. The number of methoxy groups -OCH3 is 1. The number of fused-ring (bicyclic) bond motifs is 1. The van der Waals surface area contributed by atoms with Crippen molar-refractivity contribution in [2.75, 3.05) is 24.3 Å². The summed E-state index contributed by atoms with van der Waals surface area (Å²) < 4.78 is 5.29. The number of aromatic nitrogens is 1. The van der Waals surface area contributed by atoms with Gasteiger partial charge in [0.25, 0.3) is 0 Å². The minimum absolute atomic E-state index is 0.744. The second kappa shape index (κ2) is 5.18. The van der Waals surface area contributed by atoms with Gasteiger partial charge in [0.2, 0.25) is 0 Å². The van der Waals surface area contributed by atoms with Crippen molar-refractivity contribution >= 4 is 17.2 Å². The normalized spacial score (nSPS) is 13.3. The molecule has 19 heavy (non-hydrogen) atoms. The molecule has 2 aromatic rings. The van der Waals surface area contributed by atoms with Crippen molar-refractivity contribution in [3.8, 4) is 5.75 Å². The predicted octanol–water partition coefficient (Wildman–Crippen LogP) is 3.19. The highest BCUT2D eigenvalue weighted by Crippen LogP contribution is 2.29. The fourth-order valence-electron chi connectivity index (χ4n) is 2.34. The molecule has 2 N–H and O–H groups in total. The number of ether oxygens (including phenoxy) is 1. The number of nitrogens with zero attached hydrogens (tertiary/aromatic N) is 1. The molecule has 3 rings (SSSR count). The second-order valence-corrected chi connectivity index (χ2v) is 4.58. The molecular weight excluding hydrogens is 238 g/mol. The molecule has 2 heterocycles. The van der Waals surface area contributed by atoms with Crippen molar-refractivity contribution in [2.45, 2.75) is 12.8 Å². The number of hydrogen-bond donors (Lipinski definition) is 2. The van der Waals surface area contributed by atoms with E-state index in [9.17, 15) is 0 Å². The third-order valence-electron chi connectivity index (χ3n) is 3.30. The van der Waals surface area contributed by atoms with Crippen LogP contribution in [0, 0.1) is 0 Å². The molecule has 0 saturated heterocycles. The lowest BCUT2D eigenvalue weighted by molar-refractivity contribution is 0.415. The molecule has 0 saturated carbocycles. The number of benzene rings is 1. The van der Waals surface area contributed by atoms with Crippen LogP contribution in [0.2, 0.25) is 0 Å². The number of rotatable bonds is 3. The average Bonchev–Trinajstić information content (AvgIpc) is 2.48. The lowest BCUT2D eigenvalue weighted by Gasteiger charge is -2.19. The predicted molar refractivity (Wildman–Crippen MR) is 77.3 cm³/mol. The number of aryl methyl sites for hydroxylation is 1. The maximum atomic E-state index is 5.29. The summed E-state index contributed by atoms with van der Waals surface area (Å²) in [5.41, 5.74) is 3.63. The average molecular weight is 255 g/mol. The smallest absolute Gasteiger partial charge is 0.173 e. The Balaban J connectivity index is 1.87. The van der Waals surface area contributed by atoms with E-state index in [0.717, 1.165) is 30.2 Å². The summed E-state index contributed by atoms with van der Waals surface area (Å²) in [4.78, 5) is 4.31. The SMILES string of the molecule is COc1cccnc1Nc1ccc2c(c1)CCCN2. The fraction of sp³-hybridized carbons (Fsp3) is 0.267. The molecule has 4 nitrogen and oxygen atoms in total. The largest absolute Gasteiger partial charge is 0.493 e. The standard InChI is InChI=1S/C15H17N3O/c1-19-14-5-3-9-17-15(14)18-12-6-7-13-11(10-12)4-2-8-16-13/h3,5-7,9-10,16H,2,4,8H2,1H3,(H,17,18). The highest BCUT2D eigenvalue weighted by molar-refractivity contribution is 5.67. The van der Waals surface area contributed by atoms with Gasteiger partial charge in [-0.25, -0.2) is 4.98 Å². The molecule has 0 radical (unpaired) electrons. The van der Waals surface area contributed by atoms with Gasteiger partial charge in [0.05, 0.1) is 7.11 Å². The van der Waals surface area contributed by atoms with E-state index in [-0.39, 0.29) is 0 Å². The third kappa shape index (κ3) is 2.47. The maximum Gasteiger partial charge on any atom is 0.173 e. The van der Waals surface area contributed by atoms with Crippen LogP contribution in [0.4, 0.5) is 17.2 Å². The Morgan fingerprint density at radius 2 is 2.26 bits per heavy atom. The molecule has 0 spiro atoms. The van der Waals surface area contributed by atoms with Crippen LogP contribution in [0.5, 0.6) is 5.75 Å². The molecule has 4 heteroatoms. The van der Waals surface area contributed by atoms with E-state index in [1.165, 1.54) is 17.7 Å². The Morgan fingerprint density at radius 3 is 3.16 bits per heavy atom. The van der Waals surface area contributed by atoms with Crippen LogP contribution >= 0.6 is 0 Å². The molecule has 0 fully saturated rings. The van der Waals surface area contributed by atoms with Crippen molar-refractivity contribution in [2.24, 2.45) is 0 Å². The first-order valence-electron chi connectivity index (χ1n) is 6.49. The van der Waals surface area contributed by atoms with Gasteiger partial charge in [-0.2, -0.15) is 0 Å². The lowest BCUT2D eigenvalue weighted by atomic mass is 10.0. The number of anilines is 3. The van der Waals surface area contributed by atoms with Gasteiger partial charge in [-0.3, -0.25) is 0 Å². The zero-order valence-electron chi connectivity index (χ0n) is 10.9. The zero-order chi connectivity index (χ0) is 13.1. The number of nitrogens with one attached hydrogen (secondary N) is 2. The second-order valence-electron chi connectivity index (χ2n) is 4.58. The molecule has 1 aromatic carbocycles. The highest BCUT2D eigenvalue weighted by Gasteiger charge is 2.10. The minimum atomic E-state index is 0.744. The summed E-state index contributed by atoms with van der Waals surface area (Å²) in [6.07, 6.45) is 4.06. The topological polar surface area (TPSA) is 46.2 Å². The summed E-state index contributed by atoms with van der Waals surface area (Å²) >= 11 is 0. The minimum Gasteiger partial charge on any atom is -0.493 e. The van der Waals surface area contributed by atoms with Crippen molar-refractivity contribution in [3.63, 3.8) is 0 Å². The van der Waals surface area contributed by atoms with Gasteiger partial charge in [0, 0.05) is 24.1 Å². The van der Waals surface area contributed by atoms with Gasteiger partial charge in [-0.15, -0.1) is 0 Å². The van der Waals surface area contributed by atoms with Crippen molar-refractivity contribution < 1.29 is 4.74 Å². The first-order chi connectivity index (χ1) is 9.36. The molecule has 1 aliphatic heterocycles. The number of hydrogen-bond acceptors (Lipinski definition) is 4. The van der Waals surface area contributed by atoms with Crippen LogP contribution in [0.25, 0.3) is 0 Å². The molecule has 98 valence electrons. The van der Waals surface area contributed by atoms with E-state index in [2.05, 4.69) is 33.8 Å². The summed E-state index contributed by atoms with van der Waals surface area (Å²) in [6, 6.07) is 10.1. The van der Waals surface area contributed by atoms with E-state index in [1.807, 2.05) is 12.1 Å². The summed E-state index contributed by atoms with van der Waals surface area (Å²) in [7, 11) is 1.65. The summed E-state index contributed by atoms with van der Waals surface area (Å²) in [5, 5.41) is 6.72. The van der Waals surface area contributed by atoms with Gasteiger partial charge in [-0.05, 0) is 48.7 Å². The van der Waals surface area contributed by atoms with Crippen LogP contribution < -0.4 is 15.4 Å². The first-order valence-corrected chi connectivity index (χ1v) is 6.49. The monoisotopic (exact) mass is 255 g/mol. The molecule has 0 amide bonds. The summed E-state index contributed by atoms with van der Waals surface area (Å²) in [5.74, 6) is 1.49. The molecule has 0 aliphatic carbocycles. The van der Waals surface area contributed by atoms with Gasteiger partial charge < -0.3 is 15.4 Å². The van der Waals surface area contributed by atoms with E-state index >= 15 is 0 Å². The van der Waals surface area contributed by atoms with Crippen LogP contribution in [0.3, 0.4) is 0 Å². The Morgan fingerprint density at radius 1 is 1.32 bits per heavy atom. The summed E-state index contributed by atoms with van der Waals surface area (Å²) in [6.45, 7) is 1.06. The van der Waals surface area contributed by atoms with Gasteiger partial charge in [-0.1, -0.05) is 0 Å². The van der Waals surface area contributed by atoms with E-state index < -0.39 is 0 Å². The Hall–Kier alpha value is -2.23. The Bertz CT molecular complexity index is 583. The molecule has 1 aromatic heterocycles. The Kier molecular flexibility index (Phi) is 3.23. The lowest BCUT2D eigenvalue weighted by Crippen LogP contribution is -2.11. The quantitative estimate of drug-likeness (QED) is 0.884. The van der Waals surface area contributed by atoms with Crippen molar-refractivity contribution in [3.05, 3.63) is 42.1 Å². The van der Waals surface area contributed by atoms with Gasteiger partial charge in [0.1, 0.15) is 0 Å². The van der Waals surface area contributed by atoms with Crippen molar-refractivity contribution in [1.29, 1.82) is 0 Å². The van der Waals surface area contributed by atoms with E-state index in [1.54, 1.807) is 13.3 Å². The van der Waals surface area contributed by atoms with Crippen LogP contribution in [-0.2, 0) is 6.42 Å². The Labute approximate surface area is 112 Å². The highest BCUT2D eigenvalue weighted by atomic mass is 16.5.